The molecule has 0 atom stereocenters. The average Bonchev–Trinajstić information content (AvgIpc) is 3.36. The molecular formula is C17H14N2O2. The van der Waals surface area contributed by atoms with Gasteiger partial charge in [0.15, 0.2) is 0 Å². The van der Waals surface area contributed by atoms with Crippen LogP contribution < -0.4 is 0 Å². The summed E-state index contributed by atoms with van der Waals surface area (Å²) in [5, 5.41) is 9.28. The molecular weight excluding hydrogens is 264 g/mol. The molecule has 0 amide bonds. The van der Waals surface area contributed by atoms with Crippen molar-refractivity contribution in [1.29, 1.82) is 5.26 Å². The predicted octanol–water partition coefficient (Wildman–Crippen LogP) is 3.09. The maximum atomic E-state index is 11.4. The average molecular weight is 278 g/mol. The number of esters is 1. The topological polar surface area (TPSA) is 63.0 Å². The molecule has 1 heterocycles. The van der Waals surface area contributed by atoms with E-state index < -0.39 is 5.97 Å². The summed E-state index contributed by atoms with van der Waals surface area (Å²) in [7, 11) is 1.34. The molecule has 0 aliphatic heterocycles. The van der Waals surface area contributed by atoms with Gasteiger partial charge >= 0.3 is 5.97 Å². The molecule has 104 valence electrons. The van der Waals surface area contributed by atoms with E-state index in [1.165, 1.54) is 13.3 Å². The van der Waals surface area contributed by atoms with Crippen molar-refractivity contribution in [3.05, 3.63) is 53.7 Å². The highest BCUT2D eigenvalue weighted by Crippen LogP contribution is 2.48. The number of pyridine rings is 1. The maximum absolute atomic E-state index is 11.4. The minimum absolute atomic E-state index is 0.304. The Morgan fingerprint density at radius 1 is 1.33 bits per heavy atom. The molecule has 1 aromatic carbocycles. The first-order chi connectivity index (χ1) is 10.2. The number of hydrogen-bond acceptors (Lipinski definition) is 4. The van der Waals surface area contributed by atoms with Crippen LogP contribution in [0.15, 0.2) is 42.6 Å². The fraction of sp³-hybridized carbons (Fsp3) is 0.235. The summed E-state index contributed by atoms with van der Waals surface area (Å²) in [5.41, 5.74) is 2.89. The molecule has 1 fully saturated rings. The lowest BCUT2D eigenvalue weighted by atomic mass is 9.95. The minimum atomic E-state index is -0.399. The number of nitriles is 1. The van der Waals surface area contributed by atoms with Gasteiger partial charge in [-0.2, -0.15) is 5.26 Å². The molecule has 4 nitrogen and oxygen atoms in total. The summed E-state index contributed by atoms with van der Waals surface area (Å²) in [5.74, 6) is -0.399. The van der Waals surface area contributed by atoms with Crippen LogP contribution in [0, 0.1) is 11.3 Å². The fourth-order valence-electron chi connectivity index (χ4n) is 2.37. The van der Waals surface area contributed by atoms with Gasteiger partial charge in [-0.1, -0.05) is 18.2 Å². The molecule has 0 N–H and O–H groups in total. The number of hydrogen-bond donors (Lipinski definition) is 0. The number of methoxy groups -OCH3 is 1. The van der Waals surface area contributed by atoms with E-state index in [9.17, 15) is 10.1 Å². The number of rotatable bonds is 3. The molecule has 1 aliphatic carbocycles. The summed E-state index contributed by atoms with van der Waals surface area (Å²) < 4.78 is 4.65. The molecule has 0 radical (unpaired) electrons. The third-order valence-corrected chi connectivity index (χ3v) is 3.86. The molecule has 1 saturated carbocycles. The third kappa shape index (κ3) is 2.38. The van der Waals surface area contributed by atoms with Crippen molar-refractivity contribution in [1.82, 2.24) is 4.98 Å². The Bertz CT molecular complexity index is 725. The van der Waals surface area contributed by atoms with E-state index >= 15 is 0 Å². The number of aromatic nitrogens is 1. The SMILES string of the molecule is COC(=O)c1ccc(-c2cccc(C3(C#N)CC3)c2)nc1. The number of nitrogens with zero attached hydrogens (tertiary/aromatic N) is 2. The highest BCUT2D eigenvalue weighted by Gasteiger charge is 2.44. The molecule has 0 saturated heterocycles. The molecule has 21 heavy (non-hydrogen) atoms. The lowest BCUT2D eigenvalue weighted by molar-refractivity contribution is 0.0600. The minimum Gasteiger partial charge on any atom is -0.465 e. The van der Waals surface area contributed by atoms with Crippen LogP contribution in [0.3, 0.4) is 0 Å². The number of ether oxygens (including phenoxy) is 1. The van der Waals surface area contributed by atoms with Crippen LogP contribution in [0.1, 0.15) is 28.8 Å². The summed E-state index contributed by atoms with van der Waals surface area (Å²) in [6.07, 6.45) is 3.34. The zero-order chi connectivity index (χ0) is 14.9. The second-order valence-corrected chi connectivity index (χ2v) is 5.20. The van der Waals surface area contributed by atoms with Gasteiger partial charge in [0.05, 0.1) is 29.9 Å². The third-order valence-electron chi connectivity index (χ3n) is 3.86. The fourth-order valence-corrected chi connectivity index (χ4v) is 2.37. The molecule has 3 rings (SSSR count). The van der Waals surface area contributed by atoms with Gasteiger partial charge in [0.2, 0.25) is 0 Å². The number of benzene rings is 1. The van der Waals surface area contributed by atoms with E-state index in [1.807, 2.05) is 24.3 Å². The van der Waals surface area contributed by atoms with Gasteiger partial charge < -0.3 is 4.74 Å². The first-order valence-corrected chi connectivity index (χ1v) is 6.75. The van der Waals surface area contributed by atoms with E-state index in [-0.39, 0.29) is 5.41 Å². The summed E-state index contributed by atoms with van der Waals surface area (Å²) in [6.45, 7) is 0. The van der Waals surface area contributed by atoms with E-state index in [0.29, 0.717) is 5.56 Å². The van der Waals surface area contributed by atoms with Gasteiger partial charge in [0, 0.05) is 11.8 Å². The normalized spacial score (nSPS) is 15.0. The highest BCUT2D eigenvalue weighted by atomic mass is 16.5. The Hall–Kier alpha value is -2.67. The van der Waals surface area contributed by atoms with Gasteiger partial charge in [0.1, 0.15) is 0 Å². The molecule has 4 heteroatoms. The van der Waals surface area contributed by atoms with Crippen molar-refractivity contribution in [2.45, 2.75) is 18.3 Å². The second-order valence-electron chi connectivity index (χ2n) is 5.20. The smallest absolute Gasteiger partial charge is 0.339 e. The first kappa shape index (κ1) is 13.3. The van der Waals surface area contributed by atoms with Gasteiger partial charge in [-0.05, 0) is 36.6 Å². The summed E-state index contributed by atoms with van der Waals surface area (Å²) >= 11 is 0. The van der Waals surface area contributed by atoms with Gasteiger partial charge in [-0.25, -0.2) is 4.79 Å². The number of carbonyl (C=O) groups is 1. The van der Waals surface area contributed by atoms with Crippen LogP contribution >= 0.6 is 0 Å². The van der Waals surface area contributed by atoms with Crippen molar-refractivity contribution in [3.63, 3.8) is 0 Å². The lowest BCUT2D eigenvalue weighted by Crippen LogP contribution is -2.03. The van der Waals surface area contributed by atoms with Gasteiger partial charge in [-0.15, -0.1) is 0 Å². The first-order valence-electron chi connectivity index (χ1n) is 6.75. The van der Waals surface area contributed by atoms with E-state index in [2.05, 4.69) is 15.8 Å². The Labute approximate surface area is 123 Å². The second kappa shape index (κ2) is 5.02. The standard InChI is InChI=1S/C17H14N2O2/c1-21-16(20)13-5-6-15(19-10-13)12-3-2-4-14(9-12)17(11-18)7-8-17/h2-6,9-10H,7-8H2,1H3. The molecule has 0 spiro atoms. The highest BCUT2D eigenvalue weighted by molar-refractivity contribution is 5.89. The summed E-state index contributed by atoms with van der Waals surface area (Å²) in [4.78, 5) is 15.7. The van der Waals surface area contributed by atoms with E-state index in [1.54, 1.807) is 12.1 Å². The van der Waals surface area contributed by atoms with Crippen LogP contribution in [-0.2, 0) is 10.2 Å². The van der Waals surface area contributed by atoms with Crippen LogP contribution in [0.25, 0.3) is 11.3 Å². The van der Waals surface area contributed by atoms with E-state index in [4.69, 9.17) is 0 Å². The quantitative estimate of drug-likeness (QED) is 0.809. The Balaban J connectivity index is 1.93. The van der Waals surface area contributed by atoms with E-state index in [0.717, 1.165) is 29.7 Å². The van der Waals surface area contributed by atoms with Gasteiger partial charge in [0.25, 0.3) is 0 Å². The molecule has 2 aromatic rings. The van der Waals surface area contributed by atoms with Crippen LogP contribution in [-0.4, -0.2) is 18.1 Å². The zero-order valence-electron chi connectivity index (χ0n) is 11.7. The van der Waals surface area contributed by atoms with Crippen molar-refractivity contribution in [2.24, 2.45) is 0 Å². The lowest BCUT2D eigenvalue weighted by Gasteiger charge is -2.08. The summed E-state index contributed by atoms with van der Waals surface area (Å²) in [6, 6.07) is 13.8. The van der Waals surface area contributed by atoms with Crippen molar-refractivity contribution in [3.8, 4) is 17.3 Å². The Morgan fingerprint density at radius 2 is 2.14 bits per heavy atom. The molecule has 1 aliphatic rings. The Kier molecular flexibility index (Phi) is 3.19. The molecule has 0 bridgehead atoms. The van der Waals surface area contributed by atoms with Crippen molar-refractivity contribution >= 4 is 5.97 Å². The largest absolute Gasteiger partial charge is 0.465 e. The van der Waals surface area contributed by atoms with Crippen molar-refractivity contribution < 1.29 is 9.53 Å². The molecule has 1 aromatic heterocycles. The maximum Gasteiger partial charge on any atom is 0.339 e. The predicted molar refractivity (Wildman–Crippen MR) is 77.5 cm³/mol. The zero-order valence-corrected chi connectivity index (χ0v) is 11.7. The van der Waals surface area contributed by atoms with Crippen LogP contribution in [0.2, 0.25) is 0 Å². The monoisotopic (exact) mass is 278 g/mol. The molecule has 0 unspecified atom stereocenters. The number of carbonyl (C=O) groups excluding carboxylic acids is 1. The van der Waals surface area contributed by atoms with Crippen molar-refractivity contribution in [2.75, 3.05) is 7.11 Å². The van der Waals surface area contributed by atoms with Crippen LogP contribution in [0.4, 0.5) is 0 Å². The van der Waals surface area contributed by atoms with Crippen LogP contribution in [0.5, 0.6) is 0 Å². The van der Waals surface area contributed by atoms with Gasteiger partial charge in [-0.3, -0.25) is 4.98 Å². The Morgan fingerprint density at radius 3 is 2.71 bits per heavy atom.